The van der Waals surface area contributed by atoms with Gasteiger partial charge in [0.15, 0.2) is 0 Å². The third-order valence-electron chi connectivity index (χ3n) is 3.20. The first-order chi connectivity index (χ1) is 10.1. The van der Waals surface area contributed by atoms with Crippen LogP contribution in [-0.2, 0) is 14.2 Å². The molecule has 1 aliphatic carbocycles. The molecule has 6 heteroatoms. The molecule has 2 rings (SSSR count). The minimum absolute atomic E-state index is 0.0911. The molecular formula is C15H20ClNO4. The zero-order chi connectivity index (χ0) is 15.2. The largest absolute Gasteiger partial charge is 0.443 e. The van der Waals surface area contributed by atoms with Gasteiger partial charge in [-0.25, -0.2) is 4.79 Å². The Hall–Kier alpha value is -1.30. The Balaban J connectivity index is 2.03. The first-order valence-corrected chi connectivity index (χ1v) is 7.31. The number of hydrogen-bond donors (Lipinski definition) is 1. The van der Waals surface area contributed by atoms with E-state index in [9.17, 15) is 4.79 Å². The fourth-order valence-electron chi connectivity index (χ4n) is 1.98. The van der Waals surface area contributed by atoms with E-state index in [1.165, 1.54) is 7.11 Å². The first kappa shape index (κ1) is 16.1. The molecule has 0 saturated heterocycles. The molecule has 1 saturated carbocycles. The number of benzene rings is 1. The molecule has 0 aromatic heterocycles. The van der Waals surface area contributed by atoms with E-state index in [1.54, 1.807) is 13.0 Å². The lowest BCUT2D eigenvalue weighted by Gasteiger charge is -2.25. The summed E-state index contributed by atoms with van der Waals surface area (Å²) in [5.74, 6) is 0. The maximum atomic E-state index is 11.7. The summed E-state index contributed by atoms with van der Waals surface area (Å²) in [6.07, 6.45) is 0.625. The van der Waals surface area contributed by atoms with Gasteiger partial charge in [0, 0.05) is 23.7 Å². The molecule has 1 amide bonds. The summed E-state index contributed by atoms with van der Waals surface area (Å²) in [4.78, 5) is 11.7. The van der Waals surface area contributed by atoms with E-state index in [0.29, 0.717) is 5.02 Å². The van der Waals surface area contributed by atoms with Gasteiger partial charge >= 0.3 is 6.09 Å². The molecule has 1 aliphatic rings. The lowest BCUT2D eigenvalue weighted by atomic mass is 10.1. The Bertz CT molecular complexity index is 478. The molecule has 0 spiro atoms. The van der Waals surface area contributed by atoms with E-state index in [-0.39, 0.29) is 12.8 Å². The highest BCUT2D eigenvalue weighted by Gasteiger charge is 2.28. The van der Waals surface area contributed by atoms with Crippen LogP contribution in [-0.4, -0.2) is 32.1 Å². The van der Waals surface area contributed by atoms with Gasteiger partial charge in [-0.15, -0.1) is 0 Å². The highest BCUT2D eigenvalue weighted by atomic mass is 35.5. The molecule has 1 aromatic carbocycles. The van der Waals surface area contributed by atoms with Crippen LogP contribution < -0.4 is 5.32 Å². The maximum absolute atomic E-state index is 11.7. The van der Waals surface area contributed by atoms with Gasteiger partial charge in [0.2, 0.25) is 0 Å². The average molecular weight is 314 g/mol. The van der Waals surface area contributed by atoms with Gasteiger partial charge < -0.3 is 19.5 Å². The quantitative estimate of drug-likeness (QED) is 0.785. The average Bonchev–Trinajstić information content (AvgIpc) is 3.24. The van der Waals surface area contributed by atoms with Gasteiger partial charge in [-0.05, 0) is 25.8 Å². The highest BCUT2D eigenvalue weighted by Crippen LogP contribution is 2.30. The topological polar surface area (TPSA) is 56.8 Å². The highest BCUT2D eigenvalue weighted by molar-refractivity contribution is 6.31. The lowest BCUT2D eigenvalue weighted by Crippen LogP contribution is -2.33. The van der Waals surface area contributed by atoms with Gasteiger partial charge in [0.25, 0.3) is 0 Å². The van der Waals surface area contributed by atoms with Crippen LogP contribution in [0.15, 0.2) is 24.3 Å². The first-order valence-electron chi connectivity index (χ1n) is 6.94. The molecule has 1 N–H and O–H groups in total. The van der Waals surface area contributed by atoms with Crippen molar-refractivity contribution in [2.45, 2.75) is 38.0 Å². The second kappa shape index (κ2) is 7.64. The van der Waals surface area contributed by atoms with Crippen LogP contribution in [0.5, 0.6) is 0 Å². The fourth-order valence-corrected chi connectivity index (χ4v) is 2.23. The summed E-state index contributed by atoms with van der Waals surface area (Å²) in [6.45, 7) is 1.87. The van der Waals surface area contributed by atoms with E-state index in [2.05, 4.69) is 5.32 Å². The predicted octanol–water partition coefficient (Wildman–Crippen LogP) is 3.28. The number of halogens is 1. The number of rotatable bonds is 7. The van der Waals surface area contributed by atoms with Crippen LogP contribution in [0, 0.1) is 0 Å². The van der Waals surface area contributed by atoms with Crippen molar-refractivity contribution < 1.29 is 19.0 Å². The standard InChI is InChI=1S/C15H20ClNO4/c1-10(21-15(18)17-11-7-8-11)14(20-9-19-2)12-5-3-4-6-13(12)16/h3-6,10-11,14H,7-9H2,1-2H3,(H,17,18)/t10-,14+/m1/s1. The second-order valence-corrected chi connectivity index (χ2v) is 5.45. The molecule has 116 valence electrons. The van der Waals surface area contributed by atoms with Gasteiger partial charge in [0.05, 0.1) is 0 Å². The summed E-state index contributed by atoms with van der Waals surface area (Å²) in [7, 11) is 1.54. The number of ether oxygens (including phenoxy) is 3. The minimum atomic E-state index is -0.487. The molecule has 0 heterocycles. The molecule has 2 atom stereocenters. The predicted molar refractivity (Wildman–Crippen MR) is 79.3 cm³/mol. The van der Waals surface area contributed by atoms with E-state index >= 15 is 0 Å². The number of hydrogen-bond acceptors (Lipinski definition) is 4. The smallest absolute Gasteiger partial charge is 0.407 e. The summed E-state index contributed by atoms with van der Waals surface area (Å²) in [6, 6.07) is 7.58. The Labute approximate surface area is 129 Å². The lowest BCUT2D eigenvalue weighted by molar-refractivity contribution is -0.112. The van der Waals surface area contributed by atoms with Crippen molar-refractivity contribution in [1.29, 1.82) is 0 Å². The monoisotopic (exact) mass is 313 g/mol. The Morgan fingerprint density at radius 1 is 1.43 bits per heavy atom. The molecule has 1 aromatic rings. The minimum Gasteiger partial charge on any atom is -0.443 e. The normalized spacial score (nSPS) is 17.1. The molecule has 0 aliphatic heterocycles. The van der Waals surface area contributed by atoms with Crippen molar-refractivity contribution >= 4 is 17.7 Å². The zero-order valence-electron chi connectivity index (χ0n) is 12.2. The molecular weight excluding hydrogens is 294 g/mol. The third-order valence-corrected chi connectivity index (χ3v) is 3.54. The van der Waals surface area contributed by atoms with Crippen molar-refractivity contribution in [3.63, 3.8) is 0 Å². The summed E-state index contributed by atoms with van der Waals surface area (Å²) < 4.78 is 16.0. The number of nitrogens with one attached hydrogen (secondary N) is 1. The summed E-state index contributed by atoms with van der Waals surface area (Å²) >= 11 is 6.20. The van der Waals surface area contributed by atoms with Gasteiger partial charge in [-0.1, -0.05) is 29.8 Å². The van der Waals surface area contributed by atoms with Crippen LogP contribution >= 0.6 is 11.6 Å². The van der Waals surface area contributed by atoms with Crippen LogP contribution in [0.25, 0.3) is 0 Å². The number of amides is 1. The van der Waals surface area contributed by atoms with E-state index in [1.807, 2.05) is 18.2 Å². The number of alkyl carbamates (subject to hydrolysis) is 1. The summed E-state index contributed by atoms with van der Waals surface area (Å²) in [5, 5.41) is 3.35. The van der Waals surface area contributed by atoms with Gasteiger partial charge in [0.1, 0.15) is 19.0 Å². The molecule has 0 unspecified atom stereocenters. The Kier molecular flexibility index (Phi) is 5.85. The van der Waals surface area contributed by atoms with Crippen LogP contribution in [0.3, 0.4) is 0 Å². The van der Waals surface area contributed by atoms with Crippen LogP contribution in [0.1, 0.15) is 31.4 Å². The van der Waals surface area contributed by atoms with Gasteiger partial charge in [-0.2, -0.15) is 0 Å². The van der Waals surface area contributed by atoms with Gasteiger partial charge in [-0.3, -0.25) is 0 Å². The van der Waals surface area contributed by atoms with Crippen LogP contribution in [0.2, 0.25) is 5.02 Å². The molecule has 0 radical (unpaired) electrons. The Morgan fingerprint density at radius 2 is 2.14 bits per heavy atom. The SMILES string of the molecule is COCO[C@H](c1ccccc1Cl)[C@@H](C)OC(=O)NC1CC1. The second-order valence-electron chi connectivity index (χ2n) is 5.04. The van der Waals surface area contributed by atoms with Crippen LogP contribution in [0.4, 0.5) is 4.79 Å². The molecule has 5 nitrogen and oxygen atoms in total. The van der Waals surface area contributed by atoms with Crippen molar-refractivity contribution in [3.05, 3.63) is 34.9 Å². The van der Waals surface area contributed by atoms with Crippen molar-refractivity contribution in [3.8, 4) is 0 Å². The maximum Gasteiger partial charge on any atom is 0.407 e. The van der Waals surface area contributed by atoms with Crippen molar-refractivity contribution in [2.24, 2.45) is 0 Å². The molecule has 1 fully saturated rings. The number of carbonyl (C=O) groups excluding carboxylic acids is 1. The zero-order valence-corrected chi connectivity index (χ0v) is 12.9. The van der Waals surface area contributed by atoms with Crippen molar-refractivity contribution in [2.75, 3.05) is 13.9 Å². The third kappa shape index (κ3) is 4.88. The van der Waals surface area contributed by atoms with E-state index in [4.69, 9.17) is 25.8 Å². The fraction of sp³-hybridized carbons (Fsp3) is 0.533. The summed E-state index contributed by atoms with van der Waals surface area (Å²) in [5.41, 5.74) is 0.767. The number of carbonyl (C=O) groups is 1. The Morgan fingerprint density at radius 3 is 2.76 bits per heavy atom. The molecule has 0 bridgehead atoms. The number of methoxy groups -OCH3 is 1. The molecule has 21 heavy (non-hydrogen) atoms. The van der Waals surface area contributed by atoms with E-state index < -0.39 is 18.3 Å². The van der Waals surface area contributed by atoms with E-state index in [0.717, 1.165) is 18.4 Å². The van der Waals surface area contributed by atoms with Crippen molar-refractivity contribution in [1.82, 2.24) is 5.32 Å².